The smallest absolute Gasteiger partial charge is 0.254 e. The average Bonchev–Trinajstić information content (AvgIpc) is 2.99. The first-order chi connectivity index (χ1) is 11.2. The number of carbonyl (C=O) groups excluding carboxylic acids is 1. The van der Waals surface area contributed by atoms with Crippen LogP contribution in [0.25, 0.3) is 11.0 Å². The van der Waals surface area contributed by atoms with E-state index in [1.54, 1.807) is 29.4 Å². The zero-order valence-corrected chi connectivity index (χ0v) is 12.8. The normalized spacial score (nSPS) is 14.7. The lowest BCUT2D eigenvalue weighted by Gasteiger charge is -2.38. The van der Waals surface area contributed by atoms with Gasteiger partial charge < -0.3 is 14.6 Å². The van der Waals surface area contributed by atoms with Gasteiger partial charge in [0.1, 0.15) is 6.10 Å². The Kier molecular flexibility index (Phi) is 3.38. The second kappa shape index (κ2) is 5.55. The van der Waals surface area contributed by atoms with E-state index in [0.717, 1.165) is 11.0 Å². The van der Waals surface area contributed by atoms with Crippen LogP contribution in [-0.2, 0) is 0 Å². The monoisotopic (exact) mass is 328 g/mol. The number of aromatic amines is 1. The highest BCUT2D eigenvalue weighted by molar-refractivity contribution is 6.30. The lowest BCUT2D eigenvalue weighted by atomic mass is 10.1. The van der Waals surface area contributed by atoms with E-state index >= 15 is 0 Å². The third-order valence-electron chi connectivity index (χ3n) is 3.79. The number of halogens is 1. The number of benzene rings is 1. The van der Waals surface area contributed by atoms with Crippen molar-refractivity contribution in [2.24, 2.45) is 0 Å². The van der Waals surface area contributed by atoms with Gasteiger partial charge in [-0.15, -0.1) is 0 Å². The van der Waals surface area contributed by atoms with Crippen LogP contribution in [0.15, 0.2) is 42.9 Å². The van der Waals surface area contributed by atoms with Crippen LogP contribution in [0.1, 0.15) is 10.4 Å². The fourth-order valence-corrected chi connectivity index (χ4v) is 2.64. The van der Waals surface area contributed by atoms with Gasteiger partial charge >= 0.3 is 0 Å². The Morgan fingerprint density at radius 2 is 2.13 bits per heavy atom. The van der Waals surface area contributed by atoms with Gasteiger partial charge in [0, 0.05) is 17.8 Å². The number of rotatable bonds is 3. The molecule has 0 aliphatic carbocycles. The first kappa shape index (κ1) is 14.0. The van der Waals surface area contributed by atoms with E-state index in [-0.39, 0.29) is 12.0 Å². The van der Waals surface area contributed by atoms with E-state index in [0.29, 0.717) is 29.6 Å². The van der Waals surface area contributed by atoms with E-state index in [1.807, 2.05) is 12.1 Å². The van der Waals surface area contributed by atoms with E-state index in [4.69, 9.17) is 16.3 Å². The summed E-state index contributed by atoms with van der Waals surface area (Å²) >= 11 is 5.78. The van der Waals surface area contributed by atoms with Crippen molar-refractivity contribution in [3.05, 3.63) is 53.4 Å². The molecule has 1 N–H and O–H groups in total. The number of imidazole rings is 1. The van der Waals surface area contributed by atoms with Crippen molar-refractivity contribution in [1.29, 1.82) is 0 Å². The Morgan fingerprint density at radius 1 is 1.26 bits per heavy atom. The summed E-state index contributed by atoms with van der Waals surface area (Å²) < 4.78 is 5.70. The fourth-order valence-electron chi connectivity index (χ4n) is 2.53. The van der Waals surface area contributed by atoms with E-state index in [2.05, 4.69) is 15.0 Å². The molecule has 0 spiro atoms. The van der Waals surface area contributed by atoms with Gasteiger partial charge in [0.25, 0.3) is 5.91 Å². The molecule has 0 saturated carbocycles. The molecule has 1 aromatic carbocycles. The first-order valence-electron chi connectivity index (χ1n) is 7.20. The van der Waals surface area contributed by atoms with Gasteiger partial charge in [-0.3, -0.25) is 4.79 Å². The van der Waals surface area contributed by atoms with Crippen molar-refractivity contribution in [1.82, 2.24) is 19.9 Å². The van der Waals surface area contributed by atoms with Crippen LogP contribution >= 0.6 is 11.6 Å². The maximum Gasteiger partial charge on any atom is 0.254 e. The molecule has 1 saturated heterocycles. The third-order valence-corrected chi connectivity index (χ3v) is 4.01. The zero-order valence-electron chi connectivity index (χ0n) is 12.1. The van der Waals surface area contributed by atoms with Gasteiger partial charge in [-0.25, -0.2) is 9.97 Å². The molecule has 1 aliphatic rings. The number of H-pyrrole nitrogens is 1. The number of fused-ring (bicyclic) bond motifs is 1. The minimum atomic E-state index is -0.0384. The highest BCUT2D eigenvalue weighted by atomic mass is 35.5. The number of hydrogen-bond donors (Lipinski definition) is 1. The summed E-state index contributed by atoms with van der Waals surface area (Å²) in [5, 5.41) is 0.567. The summed E-state index contributed by atoms with van der Waals surface area (Å²) in [6.07, 6.45) is 3.12. The second-order valence-corrected chi connectivity index (χ2v) is 5.84. The molecule has 7 heteroatoms. The topological polar surface area (TPSA) is 71.1 Å². The van der Waals surface area contributed by atoms with Gasteiger partial charge in [-0.2, -0.15) is 0 Å². The summed E-state index contributed by atoms with van der Waals surface area (Å²) in [5.41, 5.74) is 2.35. The molecule has 116 valence electrons. The first-order valence-corrected chi connectivity index (χ1v) is 7.57. The molecule has 0 bridgehead atoms. The summed E-state index contributed by atoms with van der Waals surface area (Å²) in [6.45, 7) is 1.09. The molecule has 2 aromatic heterocycles. The lowest BCUT2D eigenvalue weighted by molar-refractivity contribution is 0.0160. The third kappa shape index (κ3) is 2.73. The molecular formula is C16H13ClN4O2. The largest absolute Gasteiger partial charge is 0.471 e. The number of pyridine rings is 1. The van der Waals surface area contributed by atoms with Crippen molar-refractivity contribution >= 4 is 28.5 Å². The van der Waals surface area contributed by atoms with Crippen molar-refractivity contribution < 1.29 is 9.53 Å². The number of nitrogens with one attached hydrogen (secondary N) is 1. The molecule has 0 unspecified atom stereocenters. The Hall–Kier alpha value is -2.60. The standard InChI is InChI=1S/C16H13ClN4O2/c17-11-2-4-15(18-6-11)23-12-7-21(8-12)16(22)10-1-3-13-14(5-10)20-9-19-13/h1-6,9,12H,7-8H2,(H,19,20). The summed E-state index contributed by atoms with van der Waals surface area (Å²) in [7, 11) is 0. The molecule has 6 nitrogen and oxygen atoms in total. The van der Waals surface area contributed by atoms with Crippen LogP contribution in [0.4, 0.5) is 0 Å². The number of amides is 1. The molecule has 1 aliphatic heterocycles. The van der Waals surface area contributed by atoms with E-state index in [9.17, 15) is 4.79 Å². The SMILES string of the molecule is O=C(c1ccc2nc[nH]c2c1)N1CC(Oc2ccc(Cl)cn2)C1. The number of carbonyl (C=O) groups is 1. The molecule has 1 fully saturated rings. The molecule has 4 rings (SSSR count). The maximum atomic E-state index is 12.4. The van der Waals surface area contributed by atoms with Gasteiger partial charge in [0.05, 0.1) is 35.5 Å². The van der Waals surface area contributed by atoms with Crippen molar-refractivity contribution in [3.8, 4) is 5.88 Å². The van der Waals surface area contributed by atoms with Crippen LogP contribution in [0, 0.1) is 0 Å². The summed E-state index contributed by atoms with van der Waals surface area (Å²) in [6, 6.07) is 8.90. The van der Waals surface area contributed by atoms with E-state index < -0.39 is 0 Å². The quantitative estimate of drug-likeness (QED) is 0.802. The van der Waals surface area contributed by atoms with Crippen molar-refractivity contribution in [3.63, 3.8) is 0 Å². The number of ether oxygens (including phenoxy) is 1. The Morgan fingerprint density at radius 3 is 2.91 bits per heavy atom. The number of aromatic nitrogens is 3. The van der Waals surface area contributed by atoms with Crippen LogP contribution in [0.2, 0.25) is 5.02 Å². The van der Waals surface area contributed by atoms with Gasteiger partial charge in [-0.05, 0) is 24.3 Å². The van der Waals surface area contributed by atoms with Crippen molar-refractivity contribution in [2.75, 3.05) is 13.1 Å². The van der Waals surface area contributed by atoms with E-state index in [1.165, 1.54) is 6.20 Å². The lowest BCUT2D eigenvalue weighted by Crippen LogP contribution is -2.56. The Balaban J connectivity index is 1.39. The predicted molar refractivity (Wildman–Crippen MR) is 85.7 cm³/mol. The van der Waals surface area contributed by atoms with Crippen LogP contribution < -0.4 is 4.74 Å². The fraction of sp³-hybridized carbons (Fsp3) is 0.188. The van der Waals surface area contributed by atoms with Crippen LogP contribution in [0.5, 0.6) is 5.88 Å². The Labute approximate surface area is 137 Å². The molecule has 1 amide bonds. The van der Waals surface area contributed by atoms with Crippen LogP contribution in [0.3, 0.4) is 0 Å². The van der Waals surface area contributed by atoms with Gasteiger partial charge in [-0.1, -0.05) is 11.6 Å². The maximum absolute atomic E-state index is 12.4. The molecule has 3 aromatic rings. The summed E-state index contributed by atoms with van der Waals surface area (Å²) in [4.78, 5) is 25.4. The minimum absolute atomic E-state index is 0.00887. The molecular weight excluding hydrogens is 316 g/mol. The molecule has 0 atom stereocenters. The summed E-state index contributed by atoms with van der Waals surface area (Å²) in [5.74, 6) is 0.510. The average molecular weight is 329 g/mol. The Bertz CT molecular complexity index is 856. The molecule has 0 radical (unpaired) electrons. The number of likely N-dealkylation sites (tertiary alicyclic amines) is 1. The number of hydrogen-bond acceptors (Lipinski definition) is 4. The van der Waals surface area contributed by atoms with Crippen molar-refractivity contribution in [2.45, 2.75) is 6.10 Å². The van der Waals surface area contributed by atoms with Crippen LogP contribution in [-0.4, -0.2) is 45.0 Å². The highest BCUT2D eigenvalue weighted by Crippen LogP contribution is 2.21. The molecule has 3 heterocycles. The number of nitrogens with zero attached hydrogens (tertiary/aromatic N) is 3. The second-order valence-electron chi connectivity index (χ2n) is 5.40. The highest BCUT2D eigenvalue weighted by Gasteiger charge is 2.33. The predicted octanol–water partition coefficient (Wildman–Crippen LogP) is 2.51. The van der Waals surface area contributed by atoms with Gasteiger partial charge in [0.15, 0.2) is 0 Å². The van der Waals surface area contributed by atoms with Gasteiger partial charge in [0.2, 0.25) is 5.88 Å². The molecule has 23 heavy (non-hydrogen) atoms. The zero-order chi connectivity index (χ0) is 15.8. The minimum Gasteiger partial charge on any atom is -0.471 e.